The first kappa shape index (κ1) is 14.3. The van der Waals surface area contributed by atoms with E-state index in [1.807, 2.05) is 18.2 Å². The van der Waals surface area contributed by atoms with Crippen LogP contribution in [-0.4, -0.2) is 17.5 Å². The summed E-state index contributed by atoms with van der Waals surface area (Å²) in [5, 5.41) is 0. The van der Waals surface area contributed by atoms with E-state index in [1.54, 1.807) is 19.1 Å². The van der Waals surface area contributed by atoms with Crippen LogP contribution in [-0.2, 0) is 18.1 Å². The molecule has 1 fully saturated rings. The second-order valence-electron chi connectivity index (χ2n) is 3.80. The second kappa shape index (κ2) is 5.49. The van der Waals surface area contributed by atoms with Gasteiger partial charge in [0.2, 0.25) is 0 Å². The number of rotatable bonds is 3. The predicted octanol–water partition coefficient (Wildman–Crippen LogP) is 4.09. The Balaban J connectivity index is 2.28. The quantitative estimate of drug-likeness (QED) is 0.623. The third-order valence-corrected chi connectivity index (χ3v) is 4.53. The largest absolute Gasteiger partial charge is 0.475 e. The highest BCUT2D eigenvalue weighted by Crippen LogP contribution is 2.61. The molecule has 0 spiro atoms. The molecule has 2 rings (SSSR count). The van der Waals surface area contributed by atoms with E-state index in [0.717, 1.165) is 5.56 Å². The molecule has 1 aromatic rings. The fourth-order valence-corrected chi connectivity index (χ4v) is 3.80. The average molecular weight is 311 g/mol. The number of alkyl halides is 2. The molecule has 0 N–H and O–H groups in total. The normalized spacial score (nSPS) is 31.2. The zero-order valence-electron chi connectivity index (χ0n) is 9.71. The van der Waals surface area contributed by atoms with Gasteiger partial charge < -0.3 is 0 Å². The Bertz CT molecular complexity index is 452. The van der Waals surface area contributed by atoms with Crippen LogP contribution in [0.4, 0.5) is 0 Å². The zero-order chi connectivity index (χ0) is 13.2. The van der Waals surface area contributed by atoms with Gasteiger partial charge in [-0.2, -0.15) is 0 Å². The van der Waals surface area contributed by atoms with Crippen LogP contribution in [0.3, 0.4) is 0 Å². The van der Waals surface area contributed by atoms with Gasteiger partial charge in [0.05, 0.1) is 13.2 Å². The average Bonchev–Trinajstić information content (AvgIpc) is 2.34. The van der Waals surface area contributed by atoms with Crippen molar-refractivity contribution in [3.63, 3.8) is 0 Å². The first-order valence-electron chi connectivity index (χ1n) is 5.47. The van der Waals surface area contributed by atoms with Gasteiger partial charge in [-0.25, -0.2) is 4.57 Å². The second-order valence-corrected chi connectivity index (χ2v) is 6.96. The predicted molar refractivity (Wildman–Crippen MR) is 69.9 cm³/mol. The highest BCUT2D eigenvalue weighted by Gasteiger charge is 2.49. The molecule has 1 aliphatic rings. The van der Waals surface area contributed by atoms with Crippen molar-refractivity contribution in [2.24, 2.45) is 0 Å². The Morgan fingerprint density at radius 3 is 2.72 bits per heavy atom. The van der Waals surface area contributed by atoms with Gasteiger partial charge in [-0.05, 0) is 12.5 Å². The fourth-order valence-electron chi connectivity index (χ4n) is 1.64. The van der Waals surface area contributed by atoms with Gasteiger partial charge >= 0.3 is 7.82 Å². The molecule has 0 bridgehead atoms. The lowest BCUT2D eigenvalue weighted by Gasteiger charge is -2.37. The lowest BCUT2D eigenvalue weighted by Crippen LogP contribution is -2.35. The molecule has 0 saturated carbocycles. The summed E-state index contributed by atoms with van der Waals surface area (Å²) in [5.41, 5.74) is 0.728. The molecule has 100 valence electrons. The Hall–Kier alpha value is -0.0900. The summed E-state index contributed by atoms with van der Waals surface area (Å²) in [5.74, 6) is 0. The minimum absolute atomic E-state index is 0.118. The molecule has 1 aliphatic heterocycles. The van der Waals surface area contributed by atoms with Crippen LogP contribution in [0, 0.1) is 0 Å². The molecule has 0 amide bonds. The van der Waals surface area contributed by atoms with Crippen molar-refractivity contribution in [1.82, 2.24) is 0 Å². The van der Waals surface area contributed by atoms with Crippen LogP contribution in [0.1, 0.15) is 18.6 Å². The van der Waals surface area contributed by atoms with E-state index in [0.29, 0.717) is 0 Å². The van der Waals surface area contributed by atoms with E-state index < -0.39 is 18.3 Å². The fraction of sp³-hybridized carbons (Fsp3) is 0.455. The Labute approximate surface area is 116 Å². The Kier molecular flexibility index (Phi) is 4.37. The van der Waals surface area contributed by atoms with Crippen molar-refractivity contribution in [1.29, 1.82) is 0 Å². The lowest BCUT2D eigenvalue weighted by molar-refractivity contribution is 0.0230. The van der Waals surface area contributed by atoms with Gasteiger partial charge in [-0.3, -0.25) is 13.6 Å². The molecule has 7 heteroatoms. The molecular formula is C11H13Cl2O4P. The first-order valence-corrected chi connectivity index (χ1v) is 7.69. The third kappa shape index (κ3) is 3.08. The van der Waals surface area contributed by atoms with E-state index in [2.05, 4.69) is 0 Å². The van der Waals surface area contributed by atoms with Gasteiger partial charge in [0.15, 0.2) is 4.33 Å². The summed E-state index contributed by atoms with van der Waals surface area (Å²) in [7, 11) is -3.58. The number of halogens is 2. The van der Waals surface area contributed by atoms with Gasteiger partial charge in [0.1, 0.15) is 6.10 Å². The molecule has 0 unspecified atom stereocenters. The topological polar surface area (TPSA) is 44.8 Å². The molecule has 0 aromatic heterocycles. The lowest BCUT2D eigenvalue weighted by atomic mass is 10.1. The molecule has 1 saturated heterocycles. The molecule has 1 heterocycles. The highest BCUT2D eigenvalue weighted by molar-refractivity contribution is 7.48. The summed E-state index contributed by atoms with van der Waals surface area (Å²) in [6.45, 7) is 1.80. The van der Waals surface area contributed by atoms with E-state index in [1.165, 1.54) is 0 Å². The number of phosphoric acid groups is 1. The number of phosphoric ester groups is 1. The van der Waals surface area contributed by atoms with Crippen molar-refractivity contribution >= 4 is 31.0 Å². The van der Waals surface area contributed by atoms with Crippen molar-refractivity contribution in [3.05, 3.63) is 35.9 Å². The summed E-state index contributed by atoms with van der Waals surface area (Å²) >= 11 is 12.3. The summed E-state index contributed by atoms with van der Waals surface area (Å²) in [6, 6.07) is 9.10. The van der Waals surface area contributed by atoms with Crippen LogP contribution in [0.5, 0.6) is 0 Å². The van der Waals surface area contributed by atoms with Gasteiger partial charge in [0, 0.05) is 0 Å². The van der Waals surface area contributed by atoms with Gasteiger partial charge in [-0.1, -0.05) is 53.5 Å². The van der Waals surface area contributed by atoms with Crippen LogP contribution in [0.25, 0.3) is 0 Å². The standard InChI is InChI=1S/C11H13Cl2O4P/c1-2-15-18(14)16-8-11(12,13)10(17-18)9-6-4-3-5-7-9/h3-7,10H,2,8H2,1H3/t10-,18-/m1/s1. The molecule has 0 radical (unpaired) electrons. The number of hydrogen-bond donors (Lipinski definition) is 0. The molecular weight excluding hydrogens is 298 g/mol. The SMILES string of the molecule is CCO[P@]1(=O)OCC(Cl)(Cl)[C@@H](c2ccccc2)O1. The van der Waals surface area contributed by atoms with Crippen molar-refractivity contribution in [2.45, 2.75) is 17.4 Å². The van der Waals surface area contributed by atoms with Gasteiger partial charge in [-0.15, -0.1) is 0 Å². The van der Waals surface area contributed by atoms with Crippen LogP contribution in [0.2, 0.25) is 0 Å². The molecule has 1 aromatic carbocycles. The highest BCUT2D eigenvalue weighted by atomic mass is 35.5. The van der Waals surface area contributed by atoms with Gasteiger partial charge in [0.25, 0.3) is 0 Å². The van der Waals surface area contributed by atoms with E-state index in [4.69, 9.17) is 36.8 Å². The Morgan fingerprint density at radius 1 is 1.44 bits per heavy atom. The van der Waals surface area contributed by atoms with Crippen LogP contribution >= 0.6 is 31.0 Å². The van der Waals surface area contributed by atoms with Crippen molar-refractivity contribution < 1.29 is 18.1 Å². The Morgan fingerprint density at radius 2 is 2.11 bits per heavy atom. The van der Waals surface area contributed by atoms with Crippen LogP contribution in [0.15, 0.2) is 30.3 Å². The molecule has 2 atom stereocenters. The summed E-state index contributed by atoms with van der Waals surface area (Å²) < 4.78 is 26.2. The molecule has 4 nitrogen and oxygen atoms in total. The maximum Gasteiger partial charge on any atom is 0.475 e. The summed E-state index contributed by atoms with van der Waals surface area (Å²) in [6.07, 6.45) is -0.756. The van der Waals surface area contributed by atoms with E-state index >= 15 is 0 Å². The maximum absolute atomic E-state index is 12.1. The van der Waals surface area contributed by atoms with Crippen LogP contribution < -0.4 is 0 Å². The minimum Gasteiger partial charge on any atom is -0.287 e. The molecule has 0 aliphatic carbocycles. The van der Waals surface area contributed by atoms with Crippen molar-refractivity contribution in [2.75, 3.05) is 13.2 Å². The zero-order valence-corrected chi connectivity index (χ0v) is 12.1. The minimum atomic E-state index is -3.58. The first-order chi connectivity index (χ1) is 8.47. The third-order valence-electron chi connectivity index (χ3n) is 2.42. The number of hydrogen-bond acceptors (Lipinski definition) is 4. The smallest absolute Gasteiger partial charge is 0.287 e. The van der Waals surface area contributed by atoms with Crippen molar-refractivity contribution in [3.8, 4) is 0 Å². The maximum atomic E-state index is 12.1. The molecule has 18 heavy (non-hydrogen) atoms. The van der Waals surface area contributed by atoms with E-state index in [-0.39, 0.29) is 13.2 Å². The monoisotopic (exact) mass is 310 g/mol. The summed E-state index contributed by atoms with van der Waals surface area (Å²) in [4.78, 5) is 0. The van der Waals surface area contributed by atoms with E-state index in [9.17, 15) is 4.57 Å². The number of benzene rings is 1.